The van der Waals surface area contributed by atoms with Crippen molar-refractivity contribution < 1.29 is 33.9 Å². The molecule has 3 rings (SSSR count). The fourth-order valence-corrected chi connectivity index (χ4v) is 4.34. The molecule has 11 heteroatoms. The molecule has 0 radical (unpaired) electrons. The van der Waals surface area contributed by atoms with Gasteiger partial charge < -0.3 is 10.4 Å². The number of benzene rings is 1. The van der Waals surface area contributed by atoms with Crippen LogP contribution in [0.5, 0.6) is 0 Å². The first-order valence-corrected chi connectivity index (χ1v) is 11.2. The third kappa shape index (κ3) is 4.56. The smallest absolute Gasteiger partial charge is 0.328 e. The van der Waals surface area contributed by atoms with Gasteiger partial charge in [0, 0.05) is 6.42 Å². The molecule has 34 heavy (non-hydrogen) atoms. The summed E-state index contributed by atoms with van der Waals surface area (Å²) in [6.07, 6.45) is -0.206. The van der Waals surface area contributed by atoms with E-state index in [4.69, 9.17) is 0 Å². The zero-order chi connectivity index (χ0) is 25.2. The lowest BCUT2D eigenvalue weighted by Gasteiger charge is -2.35. The third-order valence-corrected chi connectivity index (χ3v) is 6.34. The second-order valence-electron chi connectivity index (χ2n) is 8.22. The summed E-state index contributed by atoms with van der Waals surface area (Å²) < 4.78 is 0. The Hall–Kier alpha value is -3.60. The third-order valence-electron chi connectivity index (χ3n) is 6.34. The van der Waals surface area contributed by atoms with E-state index in [1.54, 1.807) is 19.1 Å². The van der Waals surface area contributed by atoms with E-state index >= 15 is 0 Å². The SMILES string of the molecule is CCN(CC)C(C)C(=O)N[C@@H](CN1C(=O)CCC(N2C(=O)c3ccccc3C2=O)C1=O)C(=O)O. The molecule has 3 atom stereocenters. The van der Waals surface area contributed by atoms with Crippen molar-refractivity contribution in [2.45, 2.75) is 51.7 Å². The molecule has 0 bridgehead atoms. The Kier molecular flexibility index (Phi) is 7.45. The van der Waals surface area contributed by atoms with Crippen LogP contribution in [0.15, 0.2) is 24.3 Å². The zero-order valence-corrected chi connectivity index (χ0v) is 19.3. The molecule has 1 saturated heterocycles. The summed E-state index contributed by atoms with van der Waals surface area (Å²) >= 11 is 0. The van der Waals surface area contributed by atoms with Crippen molar-refractivity contribution in [3.8, 4) is 0 Å². The Labute approximate surface area is 196 Å². The number of piperidine rings is 1. The van der Waals surface area contributed by atoms with Crippen molar-refractivity contribution in [1.29, 1.82) is 0 Å². The zero-order valence-electron chi connectivity index (χ0n) is 19.3. The lowest BCUT2D eigenvalue weighted by atomic mass is 10.0. The first-order valence-electron chi connectivity index (χ1n) is 11.2. The number of rotatable bonds is 9. The molecule has 0 spiro atoms. The number of carboxylic acids is 1. The number of amides is 5. The number of hydrogen-bond donors (Lipinski definition) is 2. The number of imide groups is 2. The number of likely N-dealkylation sites (tertiary alicyclic amines) is 1. The van der Waals surface area contributed by atoms with Crippen LogP contribution in [0.1, 0.15) is 54.3 Å². The number of carboxylic acid groups (broad SMARTS) is 1. The van der Waals surface area contributed by atoms with E-state index in [9.17, 15) is 33.9 Å². The van der Waals surface area contributed by atoms with Crippen LogP contribution in [0.4, 0.5) is 0 Å². The van der Waals surface area contributed by atoms with Gasteiger partial charge in [-0.3, -0.25) is 38.7 Å². The van der Waals surface area contributed by atoms with Crippen molar-refractivity contribution in [2.24, 2.45) is 0 Å². The van der Waals surface area contributed by atoms with Gasteiger partial charge in [-0.05, 0) is 38.6 Å². The highest BCUT2D eigenvalue weighted by atomic mass is 16.4. The van der Waals surface area contributed by atoms with E-state index in [0.29, 0.717) is 13.1 Å². The average molecular weight is 472 g/mol. The molecule has 5 amide bonds. The van der Waals surface area contributed by atoms with Gasteiger partial charge in [-0.2, -0.15) is 0 Å². The van der Waals surface area contributed by atoms with Gasteiger partial charge in [0.25, 0.3) is 17.7 Å². The number of fused-ring (bicyclic) bond motifs is 1. The molecule has 2 N–H and O–H groups in total. The standard InChI is InChI=1S/C23H28N4O7/c1-4-25(5-2)13(3)19(29)24-16(23(33)34)12-26-18(28)11-10-17(22(26)32)27-20(30)14-8-6-7-9-15(14)21(27)31/h6-9,13,16-17H,4-5,10-12H2,1-3H3,(H,24,29)(H,33,34)/t13?,16-,17?/m0/s1. The largest absolute Gasteiger partial charge is 0.480 e. The minimum atomic E-state index is -1.54. The van der Waals surface area contributed by atoms with Crippen molar-refractivity contribution >= 4 is 35.5 Å². The Morgan fingerprint density at radius 2 is 1.65 bits per heavy atom. The number of nitrogens with zero attached hydrogens (tertiary/aromatic N) is 3. The summed E-state index contributed by atoms with van der Waals surface area (Å²) in [7, 11) is 0. The summed E-state index contributed by atoms with van der Waals surface area (Å²) in [6, 6.07) is 2.79. The van der Waals surface area contributed by atoms with Gasteiger partial charge in [-0.1, -0.05) is 26.0 Å². The topological polar surface area (TPSA) is 144 Å². The Morgan fingerprint density at radius 1 is 1.09 bits per heavy atom. The van der Waals surface area contributed by atoms with Gasteiger partial charge in [0.1, 0.15) is 12.1 Å². The molecule has 1 aromatic carbocycles. The number of carbonyl (C=O) groups is 6. The van der Waals surface area contributed by atoms with E-state index in [2.05, 4.69) is 5.32 Å². The van der Waals surface area contributed by atoms with E-state index in [1.165, 1.54) is 12.1 Å². The fraction of sp³-hybridized carbons (Fsp3) is 0.478. The summed E-state index contributed by atoms with van der Waals surface area (Å²) in [6.45, 7) is 5.92. The summed E-state index contributed by atoms with van der Waals surface area (Å²) in [5.41, 5.74) is 0.342. The molecule has 182 valence electrons. The van der Waals surface area contributed by atoms with Gasteiger partial charge in [-0.25, -0.2) is 4.79 Å². The van der Waals surface area contributed by atoms with Crippen LogP contribution in [0.2, 0.25) is 0 Å². The first kappa shape index (κ1) is 25.0. The van der Waals surface area contributed by atoms with Crippen molar-refractivity contribution in [1.82, 2.24) is 20.0 Å². The molecule has 2 aliphatic rings. The quantitative estimate of drug-likeness (QED) is 0.482. The molecule has 2 aliphatic heterocycles. The van der Waals surface area contributed by atoms with Gasteiger partial charge >= 0.3 is 5.97 Å². The van der Waals surface area contributed by atoms with Crippen LogP contribution < -0.4 is 5.32 Å². The van der Waals surface area contributed by atoms with Gasteiger partial charge in [0.05, 0.1) is 23.7 Å². The lowest BCUT2D eigenvalue weighted by Crippen LogP contribution is -2.60. The minimum absolute atomic E-state index is 0.0529. The predicted octanol–water partition coefficient (Wildman–Crippen LogP) is 0.0999. The number of aliphatic carboxylic acids is 1. The molecular formula is C23H28N4O7. The van der Waals surface area contributed by atoms with E-state index in [0.717, 1.165) is 9.80 Å². The van der Waals surface area contributed by atoms with Gasteiger partial charge in [0.2, 0.25) is 11.8 Å². The fourth-order valence-electron chi connectivity index (χ4n) is 4.34. The van der Waals surface area contributed by atoms with Crippen molar-refractivity contribution in [3.63, 3.8) is 0 Å². The summed E-state index contributed by atoms with van der Waals surface area (Å²) in [4.78, 5) is 79.2. The van der Waals surface area contributed by atoms with E-state index in [1.807, 2.05) is 18.7 Å². The highest BCUT2D eigenvalue weighted by molar-refractivity contribution is 6.23. The predicted molar refractivity (Wildman–Crippen MR) is 119 cm³/mol. The second kappa shape index (κ2) is 10.1. The lowest BCUT2D eigenvalue weighted by molar-refractivity contribution is -0.154. The molecule has 2 heterocycles. The van der Waals surface area contributed by atoms with Gasteiger partial charge in [-0.15, -0.1) is 0 Å². The second-order valence-corrected chi connectivity index (χ2v) is 8.22. The number of likely N-dealkylation sites (N-methyl/N-ethyl adjacent to an activating group) is 1. The number of carbonyl (C=O) groups excluding carboxylic acids is 5. The number of nitrogens with one attached hydrogen (secondary N) is 1. The van der Waals surface area contributed by atoms with E-state index < -0.39 is 60.2 Å². The molecule has 0 saturated carbocycles. The number of hydrogen-bond acceptors (Lipinski definition) is 7. The average Bonchev–Trinajstić information content (AvgIpc) is 3.06. The van der Waals surface area contributed by atoms with Crippen LogP contribution in [-0.2, 0) is 19.2 Å². The first-order chi connectivity index (χ1) is 16.1. The van der Waals surface area contributed by atoms with Crippen LogP contribution >= 0.6 is 0 Å². The van der Waals surface area contributed by atoms with E-state index in [-0.39, 0.29) is 24.0 Å². The molecular weight excluding hydrogens is 444 g/mol. The molecule has 0 aliphatic carbocycles. The van der Waals surface area contributed by atoms with Crippen LogP contribution in [0.3, 0.4) is 0 Å². The molecule has 11 nitrogen and oxygen atoms in total. The Bertz CT molecular complexity index is 1000. The Morgan fingerprint density at radius 3 is 2.15 bits per heavy atom. The summed E-state index contributed by atoms with van der Waals surface area (Å²) in [5, 5.41) is 12.0. The van der Waals surface area contributed by atoms with Crippen molar-refractivity contribution in [2.75, 3.05) is 19.6 Å². The highest BCUT2D eigenvalue weighted by Crippen LogP contribution is 2.29. The maximum Gasteiger partial charge on any atom is 0.328 e. The monoisotopic (exact) mass is 472 g/mol. The van der Waals surface area contributed by atoms with Crippen LogP contribution in [-0.4, -0.2) is 93.1 Å². The van der Waals surface area contributed by atoms with Crippen LogP contribution in [0.25, 0.3) is 0 Å². The molecule has 0 aromatic heterocycles. The maximum absolute atomic E-state index is 13.2. The highest BCUT2D eigenvalue weighted by Gasteiger charge is 2.47. The molecule has 2 unspecified atom stereocenters. The van der Waals surface area contributed by atoms with Crippen LogP contribution in [0, 0.1) is 0 Å². The Balaban J connectivity index is 1.78. The van der Waals surface area contributed by atoms with Crippen molar-refractivity contribution in [3.05, 3.63) is 35.4 Å². The normalized spacial score (nSPS) is 19.9. The summed E-state index contributed by atoms with van der Waals surface area (Å²) in [5.74, 6) is -4.71. The minimum Gasteiger partial charge on any atom is -0.480 e. The molecule has 1 aromatic rings. The van der Waals surface area contributed by atoms with Gasteiger partial charge in [0.15, 0.2) is 0 Å². The maximum atomic E-state index is 13.2. The molecule has 1 fully saturated rings.